The number of likely N-dealkylation sites (tertiary alicyclic amines) is 1. The number of benzene rings is 2. The lowest BCUT2D eigenvalue weighted by Crippen LogP contribution is -2.34. The van der Waals surface area contributed by atoms with E-state index in [2.05, 4.69) is 16.0 Å². The second-order valence-electron chi connectivity index (χ2n) is 9.83. The number of hydrogen-bond acceptors (Lipinski definition) is 5. The summed E-state index contributed by atoms with van der Waals surface area (Å²) in [6.07, 6.45) is -0.360. The van der Waals surface area contributed by atoms with Gasteiger partial charge in [0.2, 0.25) is 17.7 Å². The molecule has 3 rings (SSSR count). The Balaban J connectivity index is 1.49. The largest absolute Gasteiger partial charge is 0.444 e. The van der Waals surface area contributed by atoms with Gasteiger partial charge in [0.25, 0.3) is 0 Å². The number of hydrogen-bond donors (Lipinski definition) is 3. The van der Waals surface area contributed by atoms with Crippen LogP contribution in [0.2, 0.25) is 0 Å². The van der Waals surface area contributed by atoms with Crippen LogP contribution in [-0.4, -0.2) is 47.4 Å². The Morgan fingerprint density at radius 3 is 2.36 bits per heavy atom. The standard InChI is InChI=1S/C27H34N4O5/c1-18(19-9-6-5-7-10-19)31-17-20(15-24(31)33)25(34)30-22-12-8-11-21(16-22)29-23(32)13-14-28-26(35)36-27(2,3)4/h5-12,16,18,20H,13-15,17H2,1-4H3,(H,28,35)(H,29,32)(H,30,34). The number of carbonyl (C=O) groups excluding carboxylic acids is 4. The van der Waals surface area contributed by atoms with E-state index in [1.807, 2.05) is 37.3 Å². The summed E-state index contributed by atoms with van der Waals surface area (Å²) in [6.45, 7) is 7.72. The van der Waals surface area contributed by atoms with Crippen molar-refractivity contribution in [3.8, 4) is 0 Å². The van der Waals surface area contributed by atoms with Crippen molar-refractivity contribution in [2.24, 2.45) is 5.92 Å². The van der Waals surface area contributed by atoms with Gasteiger partial charge < -0.3 is 25.6 Å². The molecule has 9 nitrogen and oxygen atoms in total. The summed E-state index contributed by atoms with van der Waals surface area (Å²) in [5.41, 5.74) is 1.45. The fraction of sp³-hybridized carbons (Fsp3) is 0.407. The molecule has 1 fully saturated rings. The van der Waals surface area contributed by atoms with Gasteiger partial charge in [-0.05, 0) is 51.5 Å². The van der Waals surface area contributed by atoms with Crippen molar-refractivity contribution in [2.75, 3.05) is 23.7 Å². The molecule has 2 aromatic carbocycles. The maximum absolute atomic E-state index is 12.9. The summed E-state index contributed by atoms with van der Waals surface area (Å²) in [7, 11) is 0. The van der Waals surface area contributed by atoms with Crippen LogP contribution in [0.15, 0.2) is 54.6 Å². The van der Waals surface area contributed by atoms with Crippen LogP contribution >= 0.6 is 0 Å². The summed E-state index contributed by atoms with van der Waals surface area (Å²) in [5, 5.41) is 8.14. The Labute approximate surface area is 211 Å². The van der Waals surface area contributed by atoms with E-state index < -0.39 is 17.6 Å². The highest BCUT2D eigenvalue weighted by Gasteiger charge is 2.37. The molecule has 2 atom stereocenters. The fourth-order valence-corrected chi connectivity index (χ4v) is 3.93. The normalized spacial score (nSPS) is 16.3. The lowest BCUT2D eigenvalue weighted by Gasteiger charge is -2.25. The number of nitrogens with zero attached hydrogens (tertiary/aromatic N) is 1. The van der Waals surface area contributed by atoms with Crippen molar-refractivity contribution < 1.29 is 23.9 Å². The maximum atomic E-state index is 12.9. The van der Waals surface area contributed by atoms with Gasteiger partial charge in [-0.3, -0.25) is 14.4 Å². The Bertz CT molecular complexity index is 1100. The van der Waals surface area contributed by atoms with E-state index in [1.54, 1.807) is 49.9 Å². The molecule has 4 amide bonds. The molecule has 0 saturated carbocycles. The summed E-state index contributed by atoms with van der Waals surface area (Å²) in [4.78, 5) is 51.1. The lowest BCUT2D eigenvalue weighted by atomic mass is 10.1. The van der Waals surface area contributed by atoms with E-state index in [0.717, 1.165) is 5.56 Å². The lowest BCUT2D eigenvalue weighted by molar-refractivity contribution is -0.129. The van der Waals surface area contributed by atoms with Crippen molar-refractivity contribution in [1.29, 1.82) is 0 Å². The number of ether oxygens (including phenoxy) is 1. The van der Waals surface area contributed by atoms with Crippen LogP contribution in [-0.2, 0) is 19.1 Å². The van der Waals surface area contributed by atoms with Crippen LogP contribution in [0.25, 0.3) is 0 Å². The quantitative estimate of drug-likeness (QED) is 0.511. The monoisotopic (exact) mass is 494 g/mol. The van der Waals surface area contributed by atoms with Crippen molar-refractivity contribution in [3.05, 3.63) is 60.2 Å². The van der Waals surface area contributed by atoms with Crippen LogP contribution in [0.3, 0.4) is 0 Å². The van der Waals surface area contributed by atoms with Gasteiger partial charge in [0.05, 0.1) is 12.0 Å². The third kappa shape index (κ3) is 7.83. The van der Waals surface area contributed by atoms with Crippen LogP contribution in [0.4, 0.5) is 16.2 Å². The molecule has 1 aliphatic heterocycles. The molecule has 0 bridgehead atoms. The average molecular weight is 495 g/mol. The van der Waals surface area contributed by atoms with E-state index in [4.69, 9.17) is 4.74 Å². The van der Waals surface area contributed by atoms with Gasteiger partial charge in [0, 0.05) is 37.3 Å². The first-order valence-corrected chi connectivity index (χ1v) is 12.0. The minimum atomic E-state index is -0.610. The molecule has 0 aromatic heterocycles. The summed E-state index contributed by atoms with van der Waals surface area (Å²) < 4.78 is 5.14. The molecular weight excluding hydrogens is 460 g/mol. The Morgan fingerprint density at radius 1 is 1.03 bits per heavy atom. The van der Waals surface area contributed by atoms with E-state index in [9.17, 15) is 19.2 Å². The minimum Gasteiger partial charge on any atom is -0.444 e. The zero-order chi connectivity index (χ0) is 26.3. The van der Waals surface area contributed by atoms with Crippen LogP contribution < -0.4 is 16.0 Å². The maximum Gasteiger partial charge on any atom is 0.407 e. The number of anilines is 2. The Hall–Kier alpha value is -3.88. The number of nitrogens with one attached hydrogen (secondary N) is 3. The zero-order valence-corrected chi connectivity index (χ0v) is 21.2. The molecule has 0 radical (unpaired) electrons. The van der Waals surface area contributed by atoms with Crippen molar-refractivity contribution in [2.45, 2.75) is 52.2 Å². The highest BCUT2D eigenvalue weighted by atomic mass is 16.6. The van der Waals surface area contributed by atoms with Gasteiger partial charge in [0.15, 0.2) is 0 Å². The molecule has 9 heteroatoms. The van der Waals surface area contributed by atoms with E-state index >= 15 is 0 Å². The summed E-state index contributed by atoms with van der Waals surface area (Å²) in [6, 6.07) is 16.4. The molecular formula is C27H34N4O5. The third-order valence-corrected chi connectivity index (χ3v) is 5.71. The highest BCUT2D eigenvalue weighted by molar-refractivity contribution is 5.98. The minimum absolute atomic E-state index is 0.0486. The van der Waals surface area contributed by atoms with E-state index in [0.29, 0.717) is 17.9 Å². The average Bonchev–Trinajstić information content (AvgIpc) is 3.20. The molecule has 0 spiro atoms. The van der Waals surface area contributed by atoms with Gasteiger partial charge in [-0.25, -0.2) is 4.79 Å². The number of carbonyl (C=O) groups is 4. The Morgan fingerprint density at radius 2 is 1.69 bits per heavy atom. The SMILES string of the molecule is CC(c1ccccc1)N1CC(C(=O)Nc2cccc(NC(=O)CCNC(=O)OC(C)(C)C)c2)CC1=O. The fourth-order valence-electron chi connectivity index (χ4n) is 3.93. The molecule has 1 heterocycles. The van der Waals surface area contributed by atoms with E-state index in [-0.39, 0.29) is 43.1 Å². The molecule has 1 aliphatic rings. The smallest absolute Gasteiger partial charge is 0.407 e. The van der Waals surface area contributed by atoms with Crippen LogP contribution in [0.1, 0.15) is 52.1 Å². The first-order valence-electron chi connectivity index (χ1n) is 12.0. The number of rotatable bonds is 8. The topological polar surface area (TPSA) is 117 Å². The van der Waals surface area contributed by atoms with Gasteiger partial charge in [-0.2, -0.15) is 0 Å². The molecule has 2 unspecified atom stereocenters. The van der Waals surface area contributed by atoms with Crippen molar-refractivity contribution >= 4 is 35.2 Å². The molecule has 3 N–H and O–H groups in total. The summed E-state index contributed by atoms with van der Waals surface area (Å²) >= 11 is 0. The van der Waals surface area contributed by atoms with Gasteiger partial charge in [-0.1, -0.05) is 36.4 Å². The predicted molar refractivity (Wildman–Crippen MR) is 137 cm³/mol. The summed E-state index contributed by atoms with van der Waals surface area (Å²) in [5.74, 6) is -1.04. The van der Waals surface area contributed by atoms with E-state index in [1.165, 1.54) is 0 Å². The first-order chi connectivity index (χ1) is 17.0. The second kappa shape index (κ2) is 11.7. The second-order valence-corrected chi connectivity index (χ2v) is 9.83. The molecule has 0 aliphatic carbocycles. The highest BCUT2D eigenvalue weighted by Crippen LogP contribution is 2.29. The molecule has 36 heavy (non-hydrogen) atoms. The Kier molecular flexibility index (Phi) is 8.68. The van der Waals surface area contributed by atoms with Crippen molar-refractivity contribution in [1.82, 2.24) is 10.2 Å². The zero-order valence-electron chi connectivity index (χ0n) is 21.2. The van der Waals surface area contributed by atoms with Gasteiger partial charge >= 0.3 is 6.09 Å². The third-order valence-electron chi connectivity index (χ3n) is 5.71. The molecule has 2 aromatic rings. The van der Waals surface area contributed by atoms with Crippen LogP contribution in [0, 0.1) is 5.92 Å². The van der Waals surface area contributed by atoms with Gasteiger partial charge in [0.1, 0.15) is 5.60 Å². The number of alkyl carbamates (subject to hydrolysis) is 1. The molecule has 1 saturated heterocycles. The first kappa shape index (κ1) is 26.7. The molecule has 192 valence electrons. The number of amides is 4. The van der Waals surface area contributed by atoms with Gasteiger partial charge in [-0.15, -0.1) is 0 Å². The van der Waals surface area contributed by atoms with Crippen LogP contribution in [0.5, 0.6) is 0 Å². The predicted octanol–water partition coefficient (Wildman–Crippen LogP) is 4.09. The van der Waals surface area contributed by atoms with Crippen molar-refractivity contribution in [3.63, 3.8) is 0 Å².